The van der Waals surface area contributed by atoms with Gasteiger partial charge >= 0.3 is 0 Å². The molecular weight excluding hydrogens is 253 g/mol. The van der Waals surface area contributed by atoms with Gasteiger partial charge in [0.15, 0.2) is 0 Å². The van der Waals surface area contributed by atoms with Crippen molar-refractivity contribution in [2.75, 3.05) is 6.54 Å². The van der Waals surface area contributed by atoms with Crippen molar-refractivity contribution in [1.29, 1.82) is 0 Å². The Labute approximate surface area is 118 Å². The maximum atomic E-state index is 13.1. The van der Waals surface area contributed by atoms with Crippen LogP contribution in [0.15, 0.2) is 36.8 Å². The number of hydrogen-bond donors (Lipinski definition) is 0. The quantitative estimate of drug-likeness (QED) is 0.859. The first-order valence-corrected chi connectivity index (χ1v) is 7.05. The predicted octanol–water partition coefficient (Wildman–Crippen LogP) is 3.13. The van der Waals surface area contributed by atoms with Gasteiger partial charge in [-0.2, -0.15) is 0 Å². The van der Waals surface area contributed by atoms with E-state index in [4.69, 9.17) is 0 Å². The molecule has 0 aliphatic carbocycles. The number of fused-ring (bicyclic) bond motifs is 1. The molecule has 2 aromatic rings. The normalized spacial score (nSPS) is 16.7. The Balaban J connectivity index is 1.83. The van der Waals surface area contributed by atoms with Crippen molar-refractivity contribution in [3.63, 3.8) is 0 Å². The summed E-state index contributed by atoms with van der Waals surface area (Å²) in [6, 6.07) is 7.17. The van der Waals surface area contributed by atoms with Crippen molar-refractivity contribution in [3.8, 4) is 0 Å². The highest BCUT2D eigenvalue weighted by atomic mass is 19.1. The van der Waals surface area contributed by atoms with Crippen molar-refractivity contribution in [1.82, 2.24) is 14.9 Å². The van der Waals surface area contributed by atoms with Crippen LogP contribution in [0.5, 0.6) is 0 Å². The van der Waals surface area contributed by atoms with Gasteiger partial charge in [0.1, 0.15) is 12.1 Å². The molecule has 0 radical (unpaired) electrons. The summed E-state index contributed by atoms with van der Waals surface area (Å²) in [7, 11) is 0. The standard InChI is InChI=1S/C16H18FN3/c1-2-16(12-3-5-14(17)6-4-12)20-8-7-13-9-18-11-19-15(13)10-20/h3-6,9,11,16H,2,7-8,10H2,1H3. The maximum Gasteiger partial charge on any atom is 0.123 e. The molecule has 0 fully saturated rings. The molecule has 0 saturated carbocycles. The minimum Gasteiger partial charge on any atom is -0.290 e. The molecule has 0 saturated heterocycles. The third-order valence-corrected chi connectivity index (χ3v) is 3.98. The lowest BCUT2D eigenvalue weighted by Crippen LogP contribution is -2.34. The van der Waals surface area contributed by atoms with Crippen molar-refractivity contribution in [3.05, 3.63) is 59.4 Å². The predicted molar refractivity (Wildman–Crippen MR) is 75.6 cm³/mol. The molecule has 0 amide bonds. The monoisotopic (exact) mass is 271 g/mol. The topological polar surface area (TPSA) is 29.0 Å². The summed E-state index contributed by atoms with van der Waals surface area (Å²) in [5.41, 5.74) is 3.54. The van der Waals surface area contributed by atoms with Gasteiger partial charge in [-0.1, -0.05) is 19.1 Å². The molecule has 4 heteroatoms. The van der Waals surface area contributed by atoms with Gasteiger partial charge < -0.3 is 0 Å². The van der Waals surface area contributed by atoms with Crippen LogP contribution in [0.25, 0.3) is 0 Å². The van der Waals surface area contributed by atoms with Crippen LogP contribution in [-0.4, -0.2) is 21.4 Å². The molecule has 20 heavy (non-hydrogen) atoms. The number of hydrogen-bond acceptors (Lipinski definition) is 3. The Morgan fingerprint density at radius 3 is 2.85 bits per heavy atom. The highest BCUT2D eigenvalue weighted by molar-refractivity contribution is 5.23. The van der Waals surface area contributed by atoms with E-state index in [1.54, 1.807) is 6.33 Å². The third-order valence-electron chi connectivity index (χ3n) is 3.98. The zero-order valence-electron chi connectivity index (χ0n) is 11.6. The van der Waals surface area contributed by atoms with Crippen LogP contribution in [0.1, 0.15) is 36.2 Å². The fourth-order valence-corrected chi connectivity index (χ4v) is 2.93. The second-order valence-corrected chi connectivity index (χ2v) is 5.19. The van der Waals surface area contributed by atoms with Crippen LogP contribution >= 0.6 is 0 Å². The number of rotatable bonds is 3. The molecule has 0 N–H and O–H groups in total. The van der Waals surface area contributed by atoms with Gasteiger partial charge in [0.25, 0.3) is 0 Å². The molecule has 1 unspecified atom stereocenters. The minimum atomic E-state index is -0.180. The number of benzene rings is 1. The number of aromatic nitrogens is 2. The van der Waals surface area contributed by atoms with Gasteiger partial charge in [-0.25, -0.2) is 14.4 Å². The van der Waals surface area contributed by atoms with Crippen molar-refractivity contribution >= 4 is 0 Å². The summed E-state index contributed by atoms with van der Waals surface area (Å²) >= 11 is 0. The van der Waals surface area contributed by atoms with E-state index in [0.717, 1.165) is 31.6 Å². The van der Waals surface area contributed by atoms with Crippen LogP contribution in [0.2, 0.25) is 0 Å². The van der Waals surface area contributed by atoms with Crippen LogP contribution < -0.4 is 0 Å². The Morgan fingerprint density at radius 1 is 1.30 bits per heavy atom. The zero-order valence-corrected chi connectivity index (χ0v) is 11.6. The summed E-state index contributed by atoms with van der Waals surface area (Å²) in [5.74, 6) is -0.180. The lowest BCUT2D eigenvalue weighted by molar-refractivity contribution is 0.171. The lowest BCUT2D eigenvalue weighted by Gasteiger charge is -2.34. The molecule has 0 spiro atoms. The minimum absolute atomic E-state index is 0.180. The molecule has 1 aromatic carbocycles. The average molecular weight is 271 g/mol. The summed E-state index contributed by atoms with van der Waals surface area (Å²) in [6.07, 6.45) is 5.51. The van der Waals surface area contributed by atoms with Crippen molar-refractivity contribution in [2.24, 2.45) is 0 Å². The molecule has 104 valence electrons. The highest BCUT2D eigenvalue weighted by Crippen LogP contribution is 2.29. The summed E-state index contributed by atoms with van der Waals surface area (Å²) in [5, 5.41) is 0. The van der Waals surface area contributed by atoms with Gasteiger partial charge in [-0.15, -0.1) is 0 Å². The maximum absolute atomic E-state index is 13.1. The second kappa shape index (κ2) is 5.67. The smallest absolute Gasteiger partial charge is 0.123 e. The highest BCUT2D eigenvalue weighted by Gasteiger charge is 2.24. The first-order valence-electron chi connectivity index (χ1n) is 7.05. The van der Waals surface area contributed by atoms with Gasteiger partial charge in [-0.3, -0.25) is 4.90 Å². The fourth-order valence-electron chi connectivity index (χ4n) is 2.93. The van der Waals surface area contributed by atoms with E-state index in [-0.39, 0.29) is 5.82 Å². The summed E-state index contributed by atoms with van der Waals surface area (Å²) in [6.45, 7) is 4.01. The number of nitrogens with zero attached hydrogens (tertiary/aromatic N) is 3. The Bertz CT molecular complexity index is 583. The van der Waals surface area contributed by atoms with Crippen LogP contribution in [0, 0.1) is 5.82 Å². The van der Waals surface area contributed by atoms with E-state index < -0.39 is 0 Å². The molecule has 3 nitrogen and oxygen atoms in total. The van der Waals surface area contributed by atoms with Gasteiger partial charge in [0.05, 0.1) is 5.69 Å². The van der Waals surface area contributed by atoms with Gasteiger partial charge in [0.2, 0.25) is 0 Å². The third kappa shape index (κ3) is 2.56. The van der Waals surface area contributed by atoms with Gasteiger partial charge in [-0.05, 0) is 36.1 Å². The van der Waals surface area contributed by atoms with Crippen molar-refractivity contribution in [2.45, 2.75) is 32.4 Å². The fraction of sp³-hybridized carbons (Fsp3) is 0.375. The Morgan fingerprint density at radius 2 is 2.10 bits per heavy atom. The molecule has 2 heterocycles. The van der Waals surface area contributed by atoms with E-state index in [2.05, 4.69) is 21.8 Å². The average Bonchev–Trinajstić information content (AvgIpc) is 2.50. The molecule has 1 atom stereocenters. The summed E-state index contributed by atoms with van der Waals surface area (Å²) < 4.78 is 13.1. The van der Waals surface area contributed by atoms with Gasteiger partial charge in [0, 0.05) is 25.3 Å². The summed E-state index contributed by atoms with van der Waals surface area (Å²) in [4.78, 5) is 10.9. The van der Waals surface area contributed by atoms with Crippen molar-refractivity contribution < 1.29 is 4.39 Å². The molecular formula is C16H18FN3. The van der Waals surface area contributed by atoms with E-state index in [0.29, 0.717) is 6.04 Å². The van der Waals surface area contributed by atoms with Crippen LogP contribution in [0.4, 0.5) is 4.39 Å². The van der Waals surface area contributed by atoms with E-state index in [1.807, 2.05) is 18.3 Å². The largest absolute Gasteiger partial charge is 0.290 e. The Kier molecular flexibility index (Phi) is 3.74. The molecule has 0 bridgehead atoms. The Hall–Kier alpha value is -1.81. The van der Waals surface area contributed by atoms with Crippen LogP contribution in [0.3, 0.4) is 0 Å². The second-order valence-electron chi connectivity index (χ2n) is 5.19. The lowest BCUT2D eigenvalue weighted by atomic mass is 9.98. The van der Waals surface area contributed by atoms with E-state index in [9.17, 15) is 4.39 Å². The number of halogens is 1. The SMILES string of the molecule is CCC(c1ccc(F)cc1)N1CCc2cncnc2C1. The molecule has 1 aliphatic heterocycles. The van der Waals surface area contributed by atoms with E-state index in [1.165, 1.54) is 23.3 Å². The molecule has 1 aliphatic rings. The van der Waals surface area contributed by atoms with E-state index >= 15 is 0 Å². The first-order chi connectivity index (χ1) is 9.78. The first kappa shape index (κ1) is 13.2. The molecule has 1 aromatic heterocycles. The van der Waals surface area contributed by atoms with Crippen LogP contribution in [-0.2, 0) is 13.0 Å². The zero-order chi connectivity index (χ0) is 13.9. The molecule has 3 rings (SSSR count).